The topological polar surface area (TPSA) is 138 Å². The van der Waals surface area contributed by atoms with E-state index >= 15 is 0 Å². The zero-order valence-electron chi connectivity index (χ0n) is 12.0. The van der Waals surface area contributed by atoms with Crippen LogP contribution in [0.5, 0.6) is 0 Å². The van der Waals surface area contributed by atoms with Gasteiger partial charge < -0.3 is 25.4 Å². The van der Waals surface area contributed by atoms with Gasteiger partial charge in [-0.05, 0) is 6.07 Å². The maximum absolute atomic E-state index is 11.7. The van der Waals surface area contributed by atoms with Crippen LogP contribution >= 0.6 is 0 Å². The van der Waals surface area contributed by atoms with E-state index in [2.05, 4.69) is 4.98 Å². The highest BCUT2D eigenvalue weighted by molar-refractivity contribution is 5.23. The number of aliphatic hydroxyl groups is 2. The van der Waals surface area contributed by atoms with Crippen molar-refractivity contribution in [2.75, 3.05) is 32.7 Å². The third-order valence-electron chi connectivity index (χ3n) is 3.15. The first-order valence-electron chi connectivity index (χ1n) is 6.64. The van der Waals surface area contributed by atoms with Crippen LogP contribution in [0.25, 0.3) is 0 Å². The second kappa shape index (κ2) is 7.63. The third-order valence-corrected chi connectivity index (χ3v) is 3.15. The summed E-state index contributed by atoms with van der Waals surface area (Å²) in [4.78, 5) is 25.0. The van der Waals surface area contributed by atoms with Crippen LogP contribution in [0.4, 0.5) is 5.82 Å². The molecular weight excluding hydrogens is 298 g/mol. The van der Waals surface area contributed by atoms with Crippen LogP contribution in [0.3, 0.4) is 0 Å². The summed E-state index contributed by atoms with van der Waals surface area (Å²) >= 11 is 0. The minimum absolute atomic E-state index is 0.0562. The Morgan fingerprint density at radius 2 is 2.14 bits per heavy atom. The molecule has 1 fully saturated rings. The van der Waals surface area contributed by atoms with Crippen molar-refractivity contribution >= 4 is 5.82 Å². The molecular formula is C12H19N3O7. The molecule has 124 valence electrons. The van der Waals surface area contributed by atoms with E-state index in [0.717, 1.165) is 4.57 Å². The van der Waals surface area contributed by atoms with Gasteiger partial charge in [-0.15, -0.1) is 0 Å². The Morgan fingerprint density at radius 3 is 2.82 bits per heavy atom. The molecule has 22 heavy (non-hydrogen) atoms. The molecule has 0 bridgehead atoms. The van der Waals surface area contributed by atoms with E-state index in [-0.39, 0.29) is 19.0 Å². The maximum Gasteiger partial charge on any atom is 0.351 e. The first kappa shape index (κ1) is 16.8. The number of aromatic nitrogens is 2. The Hall–Kier alpha value is -1.56. The molecule has 0 radical (unpaired) electrons. The molecule has 0 spiro atoms. The van der Waals surface area contributed by atoms with Gasteiger partial charge in [-0.1, -0.05) is 0 Å². The molecule has 1 saturated heterocycles. The van der Waals surface area contributed by atoms with E-state index in [0.29, 0.717) is 6.61 Å². The van der Waals surface area contributed by atoms with E-state index in [1.165, 1.54) is 19.4 Å². The quantitative estimate of drug-likeness (QED) is 0.297. The van der Waals surface area contributed by atoms with Crippen molar-refractivity contribution in [1.82, 2.24) is 9.55 Å². The zero-order valence-corrected chi connectivity index (χ0v) is 12.0. The van der Waals surface area contributed by atoms with Crippen molar-refractivity contribution in [3.63, 3.8) is 0 Å². The Balaban J connectivity index is 1.96. The zero-order chi connectivity index (χ0) is 16.1. The van der Waals surface area contributed by atoms with Gasteiger partial charge in [0.2, 0.25) is 0 Å². The molecule has 0 unspecified atom stereocenters. The number of aliphatic hydroxyl groups excluding tert-OH is 2. The molecule has 1 aliphatic heterocycles. The average Bonchev–Trinajstić information content (AvgIpc) is 2.75. The van der Waals surface area contributed by atoms with Gasteiger partial charge in [-0.3, -0.25) is 4.57 Å². The fourth-order valence-corrected chi connectivity index (χ4v) is 2.01. The SMILES string of the molecule is COCCOOC[C@H]1O[C@@H](n2ccc(N)nc2=O)[C@H](O)[C@@H]1O. The highest BCUT2D eigenvalue weighted by Gasteiger charge is 2.44. The lowest BCUT2D eigenvalue weighted by Crippen LogP contribution is -2.36. The molecule has 4 atom stereocenters. The molecule has 1 aliphatic rings. The summed E-state index contributed by atoms with van der Waals surface area (Å²) in [5.74, 6) is 0.0562. The number of ether oxygens (including phenoxy) is 2. The van der Waals surface area contributed by atoms with Gasteiger partial charge in [0.1, 0.15) is 37.3 Å². The summed E-state index contributed by atoms with van der Waals surface area (Å²) in [5, 5.41) is 19.9. The van der Waals surface area contributed by atoms with E-state index < -0.39 is 30.2 Å². The fraction of sp³-hybridized carbons (Fsp3) is 0.667. The molecule has 0 amide bonds. The summed E-state index contributed by atoms with van der Waals surface area (Å²) in [6, 6.07) is 1.39. The van der Waals surface area contributed by atoms with Gasteiger partial charge in [0, 0.05) is 13.3 Å². The molecule has 2 heterocycles. The van der Waals surface area contributed by atoms with Crippen molar-refractivity contribution in [1.29, 1.82) is 0 Å². The Labute approximate surface area is 125 Å². The summed E-state index contributed by atoms with van der Waals surface area (Å²) in [5.41, 5.74) is 4.71. The summed E-state index contributed by atoms with van der Waals surface area (Å²) in [7, 11) is 1.52. The molecule has 1 aromatic heterocycles. The van der Waals surface area contributed by atoms with Crippen LogP contribution in [-0.4, -0.2) is 65.0 Å². The van der Waals surface area contributed by atoms with E-state index in [1.807, 2.05) is 0 Å². The van der Waals surface area contributed by atoms with E-state index in [1.54, 1.807) is 0 Å². The highest BCUT2D eigenvalue weighted by Crippen LogP contribution is 2.28. The Morgan fingerprint density at radius 1 is 1.36 bits per heavy atom. The first-order chi connectivity index (χ1) is 10.5. The monoisotopic (exact) mass is 317 g/mol. The Bertz CT molecular complexity index is 538. The molecule has 10 heteroatoms. The van der Waals surface area contributed by atoms with Crippen molar-refractivity contribution < 1.29 is 29.5 Å². The van der Waals surface area contributed by atoms with Gasteiger partial charge in [0.25, 0.3) is 0 Å². The number of hydrogen-bond donors (Lipinski definition) is 3. The molecule has 0 aliphatic carbocycles. The molecule has 0 aromatic carbocycles. The number of nitrogen functional groups attached to an aromatic ring is 1. The average molecular weight is 317 g/mol. The predicted molar refractivity (Wildman–Crippen MR) is 72.6 cm³/mol. The van der Waals surface area contributed by atoms with Crippen LogP contribution in [0.15, 0.2) is 17.1 Å². The second-order valence-corrected chi connectivity index (χ2v) is 4.69. The van der Waals surface area contributed by atoms with Gasteiger partial charge in [0.05, 0.1) is 6.61 Å². The number of nitrogens with two attached hydrogens (primary N) is 1. The largest absolute Gasteiger partial charge is 0.387 e. The maximum atomic E-state index is 11.7. The van der Waals surface area contributed by atoms with Crippen LogP contribution in [0.2, 0.25) is 0 Å². The molecule has 0 saturated carbocycles. The first-order valence-corrected chi connectivity index (χ1v) is 6.64. The second-order valence-electron chi connectivity index (χ2n) is 4.69. The lowest BCUT2D eigenvalue weighted by atomic mass is 10.1. The van der Waals surface area contributed by atoms with Crippen LogP contribution in [-0.2, 0) is 19.2 Å². The van der Waals surface area contributed by atoms with Gasteiger partial charge in [0.15, 0.2) is 6.23 Å². The standard InChI is InChI=1S/C12H19N3O7/c1-19-4-5-20-21-6-7-9(16)10(17)11(22-7)15-3-2-8(13)14-12(15)18/h2-3,7,9-11,16-17H,4-6H2,1H3,(H2,13,14,18)/t7-,9-,10-,11-/m1/s1. The number of rotatable bonds is 7. The van der Waals surface area contributed by atoms with Crippen LogP contribution in [0.1, 0.15) is 6.23 Å². The van der Waals surface area contributed by atoms with Crippen molar-refractivity contribution in [3.8, 4) is 0 Å². The minimum atomic E-state index is -1.31. The van der Waals surface area contributed by atoms with Crippen molar-refractivity contribution in [3.05, 3.63) is 22.7 Å². The predicted octanol–water partition coefficient (Wildman–Crippen LogP) is -1.96. The van der Waals surface area contributed by atoms with Crippen LogP contribution < -0.4 is 11.4 Å². The lowest BCUT2D eigenvalue weighted by molar-refractivity contribution is -0.313. The minimum Gasteiger partial charge on any atom is -0.387 e. The van der Waals surface area contributed by atoms with Crippen LogP contribution in [0, 0.1) is 0 Å². The third kappa shape index (κ3) is 3.80. The van der Waals surface area contributed by atoms with Gasteiger partial charge >= 0.3 is 5.69 Å². The number of anilines is 1. The van der Waals surface area contributed by atoms with Crippen molar-refractivity contribution in [2.24, 2.45) is 0 Å². The van der Waals surface area contributed by atoms with Gasteiger partial charge in [-0.25, -0.2) is 14.6 Å². The van der Waals surface area contributed by atoms with E-state index in [4.69, 9.17) is 25.0 Å². The molecule has 4 N–H and O–H groups in total. The summed E-state index contributed by atoms with van der Waals surface area (Å²) < 4.78 is 11.3. The molecule has 10 nitrogen and oxygen atoms in total. The number of hydrogen-bond acceptors (Lipinski definition) is 9. The van der Waals surface area contributed by atoms with E-state index in [9.17, 15) is 15.0 Å². The number of methoxy groups -OCH3 is 1. The summed E-state index contributed by atoms with van der Waals surface area (Å²) in [6.45, 7) is 0.452. The number of nitrogens with zero attached hydrogens (tertiary/aromatic N) is 2. The molecule has 1 aromatic rings. The normalized spacial score (nSPS) is 28.1. The molecule has 2 rings (SSSR count). The lowest BCUT2D eigenvalue weighted by Gasteiger charge is -2.16. The smallest absolute Gasteiger partial charge is 0.351 e. The summed E-state index contributed by atoms with van der Waals surface area (Å²) in [6.07, 6.45) is -3.14. The van der Waals surface area contributed by atoms with Gasteiger partial charge in [-0.2, -0.15) is 4.98 Å². The highest BCUT2D eigenvalue weighted by atomic mass is 17.2. The Kier molecular flexibility index (Phi) is 5.83. The van der Waals surface area contributed by atoms with Crippen molar-refractivity contribution in [2.45, 2.75) is 24.5 Å². The fourth-order valence-electron chi connectivity index (χ4n) is 2.01.